The fraction of sp³-hybridized carbons (Fsp3) is 1.00. The van der Waals surface area contributed by atoms with Gasteiger partial charge in [-0.3, -0.25) is 0 Å². The van der Waals surface area contributed by atoms with Crippen molar-refractivity contribution in [2.24, 2.45) is 17.3 Å². The SMILES string of the molecule is CCCC(CC)CC(C)CC(CC)(CC)CCC. The largest absolute Gasteiger partial charge is 0.0654 e. The maximum absolute atomic E-state index is 2.49. The van der Waals surface area contributed by atoms with E-state index in [-0.39, 0.29) is 0 Å². The first-order valence-electron chi connectivity index (χ1n) is 8.57. The van der Waals surface area contributed by atoms with E-state index < -0.39 is 0 Å². The Labute approximate surface area is 117 Å². The summed E-state index contributed by atoms with van der Waals surface area (Å²) in [5.74, 6) is 1.88. The Morgan fingerprint density at radius 2 is 1.50 bits per heavy atom. The minimum Gasteiger partial charge on any atom is -0.0654 e. The second-order valence-corrected chi connectivity index (χ2v) is 6.57. The molecule has 0 radical (unpaired) electrons. The Bertz CT molecular complexity index is 178. The van der Waals surface area contributed by atoms with E-state index in [0.29, 0.717) is 5.41 Å². The summed E-state index contributed by atoms with van der Waals surface area (Å²) in [6, 6.07) is 0. The molecular formula is C18H38. The zero-order chi connectivity index (χ0) is 14.0. The van der Waals surface area contributed by atoms with Crippen LogP contribution in [-0.4, -0.2) is 0 Å². The molecule has 0 aliphatic rings. The highest BCUT2D eigenvalue weighted by Crippen LogP contribution is 2.40. The Morgan fingerprint density at radius 1 is 0.889 bits per heavy atom. The molecule has 110 valence electrons. The summed E-state index contributed by atoms with van der Waals surface area (Å²) in [6.45, 7) is 14.3. The van der Waals surface area contributed by atoms with Crippen molar-refractivity contribution < 1.29 is 0 Å². The lowest BCUT2D eigenvalue weighted by Gasteiger charge is -2.35. The average Bonchev–Trinajstić information content (AvgIpc) is 2.37. The lowest BCUT2D eigenvalue weighted by Crippen LogP contribution is -2.23. The normalized spacial score (nSPS) is 15.7. The van der Waals surface area contributed by atoms with E-state index in [1.54, 1.807) is 0 Å². The summed E-state index contributed by atoms with van der Waals surface area (Å²) in [7, 11) is 0. The summed E-state index contributed by atoms with van der Waals surface area (Å²) < 4.78 is 0. The van der Waals surface area contributed by atoms with Gasteiger partial charge in [-0.05, 0) is 36.5 Å². The zero-order valence-electron chi connectivity index (χ0n) is 14.0. The minimum atomic E-state index is 0.638. The van der Waals surface area contributed by atoms with Crippen molar-refractivity contribution in [3.05, 3.63) is 0 Å². The molecule has 0 heteroatoms. The van der Waals surface area contributed by atoms with Crippen molar-refractivity contribution >= 4 is 0 Å². The smallest absolute Gasteiger partial charge is 0.0300 e. The summed E-state index contributed by atoms with van der Waals surface area (Å²) in [5.41, 5.74) is 0.638. The lowest BCUT2D eigenvalue weighted by atomic mass is 9.70. The molecule has 0 bridgehead atoms. The fourth-order valence-corrected chi connectivity index (χ4v) is 3.81. The van der Waals surface area contributed by atoms with Crippen LogP contribution in [0.15, 0.2) is 0 Å². The van der Waals surface area contributed by atoms with Crippen LogP contribution in [0.3, 0.4) is 0 Å². The first kappa shape index (κ1) is 18.0. The van der Waals surface area contributed by atoms with E-state index in [4.69, 9.17) is 0 Å². The maximum atomic E-state index is 2.49. The molecule has 0 aromatic heterocycles. The van der Waals surface area contributed by atoms with Crippen molar-refractivity contribution in [3.63, 3.8) is 0 Å². The molecule has 0 aliphatic heterocycles. The van der Waals surface area contributed by atoms with E-state index in [0.717, 1.165) is 11.8 Å². The molecule has 0 rings (SSSR count). The first-order valence-corrected chi connectivity index (χ1v) is 8.57. The second kappa shape index (κ2) is 9.87. The Kier molecular flexibility index (Phi) is 9.87. The number of hydrogen-bond acceptors (Lipinski definition) is 0. The van der Waals surface area contributed by atoms with Gasteiger partial charge in [-0.1, -0.05) is 80.1 Å². The third-order valence-corrected chi connectivity index (χ3v) is 5.07. The van der Waals surface area contributed by atoms with Crippen molar-refractivity contribution in [1.29, 1.82) is 0 Å². The van der Waals surface area contributed by atoms with Gasteiger partial charge in [0.1, 0.15) is 0 Å². The van der Waals surface area contributed by atoms with Crippen molar-refractivity contribution in [2.45, 2.75) is 99.3 Å². The number of rotatable bonds is 11. The summed E-state index contributed by atoms with van der Waals surface area (Å²) in [6.07, 6.45) is 12.6. The molecule has 0 saturated carbocycles. The second-order valence-electron chi connectivity index (χ2n) is 6.57. The van der Waals surface area contributed by atoms with Crippen molar-refractivity contribution in [2.75, 3.05) is 0 Å². The lowest BCUT2D eigenvalue weighted by molar-refractivity contribution is 0.165. The molecule has 0 saturated heterocycles. The van der Waals surface area contributed by atoms with E-state index in [9.17, 15) is 0 Å². The molecule has 0 nitrogen and oxygen atoms in total. The van der Waals surface area contributed by atoms with Gasteiger partial charge in [0.05, 0.1) is 0 Å². The summed E-state index contributed by atoms with van der Waals surface area (Å²) >= 11 is 0. The van der Waals surface area contributed by atoms with Crippen LogP contribution in [0.25, 0.3) is 0 Å². The van der Waals surface area contributed by atoms with Gasteiger partial charge < -0.3 is 0 Å². The Hall–Kier alpha value is 0. The molecule has 0 heterocycles. The van der Waals surface area contributed by atoms with Crippen LogP contribution in [-0.2, 0) is 0 Å². The predicted octanol–water partition coefficient (Wildman–Crippen LogP) is 6.84. The average molecular weight is 255 g/mol. The third kappa shape index (κ3) is 6.25. The molecule has 0 amide bonds. The molecule has 0 N–H and O–H groups in total. The number of hydrogen-bond donors (Lipinski definition) is 0. The fourth-order valence-electron chi connectivity index (χ4n) is 3.81. The minimum absolute atomic E-state index is 0.638. The van der Waals surface area contributed by atoms with Gasteiger partial charge in [-0.15, -0.1) is 0 Å². The van der Waals surface area contributed by atoms with Crippen LogP contribution in [0.5, 0.6) is 0 Å². The molecule has 0 spiro atoms. The highest BCUT2D eigenvalue weighted by molar-refractivity contribution is 4.79. The molecule has 0 fully saturated rings. The van der Waals surface area contributed by atoms with E-state index >= 15 is 0 Å². The predicted molar refractivity (Wildman–Crippen MR) is 85.0 cm³/mol. The monoisotopic (exact) mass is 254 g/mol. The molecule has 18 heavy (non-hydrogen) atoms. The quantitative estimate of drug-likeness (QED) is 0.379. The van der Waals surface area contributed by atoms with E-state index in [2.05, 4.69) is 41.5 Å². The van der Waals surface area contributed by atoms with Crippen LogP contribution in [0, 0.1) is 17.3 Å². The van der Waals surface area contributed by atoms with E-state index in [1.807, 2.05) is 0 Å². The molecule has 2 unspecified atom stereocenters. The van der Waals surface area contributed by atoms with E-state index in [1.165, 1.54) is 57.8 Å². The molecule has 0 aliphatic carbocycles. The van der Waals surface area contributed by atoms with Gasteiger partial charge >= 0.3 is 0 Å². The molecule has 0 aromatic carbocycles. The zero-order valence-corrected chi connectivity index (χ0v) is 14.0. The molecule has 0 aromatic rings. The molecular weight excluding hydrogens is 216 g/mol. The van der Waals surface area contributed by atoms with Gasteiger partial charge in [-0.25, -0.2) is 0 Å². The van der Waals surface area contributed by atoms with Crippen LogP contribution in [0.2, 0.25) is 0 Å². The van der Waals surface area contributed by atoms with Crippen molar-refractivity contribution in [3.8, 4) is 0 Å². The van der Waals surface area contributed by atoms with Crippen LogP contribution in [0.4, 0.5) is 0 Å². The summed E-state index contributed by atoms with van der Waals surface area (Å²) in [5, 5.41) is 0. The van der Waals surface area contributed by atoms with Gasteiger partial charge in [0.15, 0.2) is 0 Å². The van der Waals surface area contributed by atoms with Gasteiger partial charge in [0.2, 0.25) is 0 Å². The van der Waals surface area contributed by atoms with Crippen LogP contribution < -0.4 is 0 Å². The first-order chi connectivity index (χ1) is 8.57. The highest BCUT2D eigenvalue weighted by atomic mass is 14.3. The van der Waals surface area contributed by atoms with Crippen molar-refractivity contribution in [1.82, 2.24) is 0 Å². The van der Waals surface area contributed by atoms with Gasteiger partial charge in [-0.2, -0.15) is 0 Å². The molecule has 2 atom stereocenters. The Balaban J connectivity index is 4.35. The standard InChI is InChI=1S/C18H38/c1-7-12-17(9-3)14-16(6)15-18(10-4,11-5)13-8-2/h16-17H,7-15H2,1-6H3. The van der Waals surface area contributed by atoms with Gasteiger partial charge in [0.25, 0.3) is 0 Å². The highest BCUT2D eigenvalue weighted by Gasteiger charge is 2.27. The van der Waals surface area contributed by atoms with Crippen LogP contribution in [0.1, 0.15) is 99.3 Å². The van der Waals surface area contributed by atoms with Gasteiger partial charge in [0, 0.05) is 0 Å². The Morgan fingerprint density at radius 3 is 1.89 bits per heavy atom. The third-order valence-electron chi connectivity index (χ3n) is 5.07. The topological polar surface area (TPSA) is 0 Å². The summed E-state index contributed by atoms with van der Waals surface area (Å²) in [4.78, 5) is 0. The maximum Gasteiger partial charge on any atom is -0.0300 e. The van der Waals surface area contributed by atoms with Crippen LogP contribution >= 0.6 is 0 Å².